The Kier molecular flexibility index (Phi) is 6.87. The number of rotatable bonds is 6. The number of aliphatic imine (C=N–C) groups is 1. The molecule has 0 radical (unpaired) electrons. The van der Waals surface area contributed by atoms with Crippen LogP contribution in [0.2, 0.25) is 0 Å². The van der Waals surface area contributed by atoms with Crippen molar-refractivity contribution in [3.63, 3.8) is 0 Å². The highest BCUT2D eigenvalue weighted by Crippen LogP contribution is 2.33. The minimum atomic E-state index is 0.153. The molecule has 1 aliphatic rings. The van der Waals surface area contributed by atoms with Gasteiger partial charge in [-0.2, -0.15) is 5.10 Å². The molecule has 1 saturated heterocycles. The summed E-state index contributed by atoms with van der Waals surface area (Å²) < 4.78 is 7.94. The maximum atomic E-state index is 6.11. The zero-order valence-corrected chi connectivity index (χ0v) is 16.6. The third-order valence-electron chi connectivity index (χ3n) is 5.07. The summed E-state index contributed by atoms with van der Waals surface area (Å²) in [6.45, 7) is 4.64. The van der Waals surface area contributed by atoms with Crippen molar-refractivity contribution in [2.24, 2.45) is 18.0 Å². The van der Waals surface area contributed by atoms with Crippen molar-refractivity contribution in [1.82, 2.24) is 20.4 Å². The fourth-order valence-electron chi connectivity index (χ4n) is 3.55. The van der Waals surface area contributed by atoms with E-state index in [4.69, 9.17) is 4.74 Å². The molecule has 0 aliphatic carbocycles. The van der Waals surface area contributed by atoms with Gasteiger partial charge in [-0.1, -0.05) is 29.8 Å². The number of aromatic nitrogens is 2. The van der Waals surface area contributed by atoms with E-state index >= 15 is 0 Å². The first kappa shape index (κ1) is 19.4. The summed E-state index contributed by atoms with van der Waals surface area (Å²) in [4.78, 5) is 4.35. The summed E-state index contributed by atoms with van der Waals surface area (Å²) >= 11 is 0. The quantitative estimate of drug-likeness (QED) is 0.607. The van der Waals surface area contributed by atoms with Crippen LogP contribution in [0.4, 0.5) is 0 Å². The van der Waals surface area contributed by atoms with Gasteiger partial charge in [0.1, 0.15) is 0 Å². The smallest absolute Gasteiger partial charge is 0.190 e. The molecule has 1 fully saturated rings. The Hall–Kier alpha value is -2.34. The van der Waals surface area contributed by atoms with E-state index in [-0.39, 0.29) is 6.10 Å². The lowest BCUT2D eigenvalue weighted by Crippen LogP contribution is -2.42. The monoisotopic (exact) mass is 369 g/mol. The highest BCUT2D eigenvalue weighted by atomic mass is 16.5. The Labute approximate surface area is 162 Å². The van der Waals surface area contributed by atoms with Gasteiger partial charge >= 0.3 is 0 Å². The lowest BCUT2D eigenvalue weighted by Gasteiger charge is -2.32. The number of guanidine groups is 1. The van der Waals surface area contributed by atoms with Crippen LogP contribution in [-0.2, 0) is 18.2 Å². The Morgan fingerprint density at radius 2 is 2.11 bits per heavy atom. The van der Waals surface area contributed by atoms with Crippen molar-refractivity contribution >= 4 is 5.96 Å². The highest BCUT2D eigenvalue weighted by Gasteiger charge is 2.27. The van der Waals surface area contributed by atoms with Crippen LogP contribution in [0.15, 0.2) is 41.7 Å². The predicted molar refractivity (Wildman–Crippen MR) is 109 cm³/mol. The second-order valence-corrected chi connectivity index (χ2v) is 7.26. The van der Waals surface area contributed by atoms with E-state index in [2.05, 4.69) is 51.9 Å². The van der Waals surface area contributed by atoms with E-state index in [9.17, 15) is 0 Å². The first-order valence-corrected chi connectivity index (χ1v) is 9.76. The highest BCUT2D eigenvalue weighted by molar-refractivity contribution is 5.79. The number of ether oxygens (including phenoxy) is 1. The molecule has 0 amide bonds. The lowest BCUT2D eigenvalue weighted by atomic mass is 9.89. The summed E-state index contributed by atoms with van der Waals surface area (Å²) in [5.74, 6) is 1.28. The van der Waals surface area contributed by atoms with E-state index in [0.29, 0.717) is 5.92 Å². The van der Waals surface area contributed by atoms with Crippen molar-refractivity contribution in [3.8, 4) is 0 Å². The topological polar surface area (TPSA) is 63.5 Å². The van der Waals surface area contributed by atoms with Gasteiger partial charge in [0.15, 0.2) is 5.96 Å². The van der Waals surface area contributed by atoms with Crippen molar-refractivity contribution in [3.05, 3.63) is 53.3 Å². The number of hydrogen-bond donors (Lipinski definition) is 2. The minimum Gasteiger partial charge on any atom is -0.373 e. The zero-order valence-electron chi connectivity index (χ0n) is 16.6. The molecule has 1 aromatic carbocycles. The summed E-state index contributed by atoms with van der Waals surface area (Å²) in [5.41, 5.74) is 3.77. The number of nitrogens with one attached hydrogen (secondary N) is 2. The molecular formula is C21H31N5O. The average Bonchev–Trinajstić information content (AvgIpc) is 3.10. The van der Waals surface area contributed by atoms with E-state index in [1.54, 1.807) is 0 Å². The maximum absolute atomic E-state index is 6.11. The molecule has 3 rings (SSSR count). The average molecular weight is 370 g/mol. The van der Waals surface area contributed by atoms with Crippen LogP contribution in [0.3, 0.4) is 0 Å². The zero-order chi connectivity index (χ0) is 19.1. The second-order valence-electron chi connectivity index (χ2n) is 7.26. The van der Waals surface area contributed by atoms with E-state index < -0.39 is 0 Å². The molecule has 146 valence electrons. The second kappa shape index (κ2) is 9.55. The molecule has 6 heteroatoms. The Balaban J connectivity index is 1.50. The van der Waals surface area contributed by atoms with Gasteiger partial charge in [0.2, 0.25) is 0 Å². The summed E-state index contributed by atoms with van der Waals surface area (Å²) in [6.07, 6.45) is 7.31. The fourth-order valence-corrected chi connectivity index (χ4v) is 3.55. The molecule has 2 N–H and O–H groups in total. The van der Waals surface area contributed by atoms with Gasteiger partial charge < -0.3 is 15.4 Å². The van der Waals surface area contributed by atoms with Crippen LogP contribution in [0.25, 0.3) is 0 Å². The first-order chi connectivity index (χ1) is 13.2. The Morgan fingerprint density at radius 3 is 2.81 bits per heavy atom. The maximum Gasteiger partial charge on any atom is 0.190 e. The molecule has 2 heterocycles. The molecular weight excluding hydrogens is 338 g/mol. The van der Waals surface area contributed by atoms with E-state index in [0.717, 1.165) is 44.9 Å². The molecule has 1 aliphatic heterocycles. The number of hydrogen-bond acceptors (Lipinski definition) is 3. The van der Waals surface area contributed by atoms with Crippen LogP contribution < -0.4 is 10.6 Å². The summed E-state index contributed by atoms with van der Waals surface area (Å²) in [6, 6.07) is 8.71. The van der Waals surface area contributed by atoms with Crippen molar-refractivity contribution < 1.29 is 4.74 Å². The van der Waals surface area contributed by atoms with Gasteiger partial charge in [0, 0.05) is 45.9 Å². The summed E-state index contributed by atoms with van der Waals surface area (Å²) in [5, 5.41) is 11.1. The van der Waals surface area contributed by atoms with Gasteiger partial charge in [-0.15, -0.1) is 0 Å². The summed E-state index contributed by atoms with van der Waals surface area (Å²) in [7, 11) is 3.75. The van der Waals surface area contributed by atoms with Gasteiger partial charge in [-0.05, 0) is 37.3 Å². The molecule has 0 bridgehead atoms. The Bertz CT molecular complexity index is 737. The van der Waals surface area contributed by atoms with Crippen LogP contribution in [0.5, 0.6) is 0 Å². The molecule has 1 aromatic heterocycles. The fraction of sp³-hybridized carbons (Fsp3) is 0.524. The minimum absolute atomic E-state index is 0.153. The number of nitrogens with zero attached hydrogens (tertiary/aromatic N) is 3. The van der Waals surface area contributed by atoms with E-state index in [1.807, 2.05) is 31.2 Å². The Morgan fingerprint density at radius 1 is 1.30 bits per heavy atom. The molecule has 6 nitrogen and oxygen atoms in total. The van der Waals surface area contributed by atoms with E-state index in [1.165, 1.54) is 16.7 Å². The molecule has 2 atom stereocenters. The first-order valence-electron chi connectivity index (χ1n) is 9.76. The molecule has 0 saturated carbocycles. The molecule has 27 heavy (non-hydrogen) atoms. The normalized spacial score (nSPS) is 20.5. The van der Waals surface area contributed by atoms with Crippen molar-refractivity contribution in [2.45, 2.75) is 32.3 Å². The third-order valence-corrected chi connectivity index (χ3v) is 5.07. The standard InChI is InChI=1S/C21H31N5O/c1-16-6-8-18(9-7-16)20-19(5-4-12-27-20)14-24-21(22-2)23-11-10-17-13-25-26(3)15-17/h6-9,13,15,19-20H,4-5,10-12,14H2,1-3H3,(H2,22,23,24). The van der Waals surface area contributed by atoms with Crippen LogP contribution in [-0.4, -0.2) is 42.5 Å². The molecule has 2 aromatic rings. The van der Waals surface area contributed by atoms with Crippen molar-refractivity contribution in [2.75, 3.05) is 26.7 Å². The third kappa shape index (κ3) is 5.57. The number of benzene rings is 1. The SMILES string of the molecule is CN=C(NCCc1cnn(C)c1)NCC1CCCOC1c1ccc(C)cc1. The van der Waals surface area contributed by atoms with Gasteiger partial charge in [0.25, 0.3) is 0 Å². The largest absolute Gasteiger partial charge is 0.373 e. The van der Waals surface area contributed by atoms with Gasteiger partial charge in [-0.25, -0.2) is 0 Å². The molecule has 0 spiro atoms. The van der Waals surface area contributed by atoms with Gasteiger partial charge in [-0.3, -0.25) is 9.67 Å². The predicted octanol–water partition coefficient (Wildman–Crippen LogP) is 2.60. The molecule has 2 unspecified atom stereocenters. The van der Waals surface area contributed by atoms with Gasteiger partial charge in [0.05, 0.1) is 12.3 Å². The van der Waals surface area contributed by atoms with Crippen LogP contribution in [0, 0.1) is 12.8 Å². The van der Waals surface area contributed by atoms with Crippen LogP contribution >= 0.6 is 0 Å². The van der Waals surface area contributed by atoms with Crippen molar-refractivity contribution in [1.29, 1.82) is 0 Å². The lowest BCUT2D eigenvalue weighted by molar-refractivity contribution is -0.0265. The number of aryl methyl sites for hydroxylation is 2. The van der Waals surface area contributed by atoms with Crippen LogP contribution in [0.1, 0.15) is 35.6 Å².